The second-order valence-electron chi connectivity index (χ2n) is 7.47. The molecule has 19 heavy (non-hydrogen) atoms. The van der Waals surface area contributed by atoms with Crippen molar-refractivity contribution in [3.63, 3.8) is 0 Å². The van der Waals surface area contributed by atoms with Gasteiger partial charge in [-0.05, 0) is 76.5 Å². The lowest BCUT2D eigenvalue weighted by atomic mass is 9.71. The minimum Gasteiger partial charge on any atom is -0.389 e. The zero-order valence-corrected chi connectivity index (χ0v) is 12.9. The molecule has 1 aliphatic carbocycles. The minimum atomic E-state index is -0.441. The lowest BCUT2D eigenvalue weighted by molar-refractivity contribution is -0.0242. The Hall–Kier alpha value is -0.120. The summed E-state index contributed by atoms with van der Waals surface area (Å²) in [5.74, 6) is 0. The Morgan fingerprint density at radius 1 is 1.05 bits per heavy atom. The van der Waals surface area contributed by atoms with Crippen molar-refractivity contribution in [2.24, 2.45) is 5.41 Å². The lowest BCUT2D eigenvalue weighted by Crippen LogP contribution is -2.45. The van der Waals surface area contributed by atoms with E-state index in [1.807, 2.05) is 0 Å². The van der Waals surface area contributed by atoms with Crippen molar-refractivity contribution < 1.29 is 5.11 Å². The maximum Gasteiger partial charge on any atom is 0.0772 e. The molecule has 0 aromatic carbocycles. The molecule has 2 aliphatic rings. The molecule has 0 atom stereocenters. The van der Waals surface area contributed by atoms with Gasteiger partial charge in [-0.2, -0.15) is 0 Å². The van der Waals surface area contributed by atoms with Crippen molar-refractivity contribution in [1.29, 1.82) is 0 Å². The molecular formula is C16H32N2O. The minimum absolute atomic E-state index is 0.433. The Bertz CT molecular complexity index is 262. The zero-order chi connectivity index (χ0) is 13.8. The monoisotopic (exact) mass is 268 g/mol. The van der Waals surface area contributed by atoms with Crippen molar-refractivity contribution >= 4 is 0 Å². The standard InChI is InChI=1S/C16H32N2O/c1-15(2)6-8-16(19,9-7-15)14-17-10-5-13-18-11-3-4-12-18/h17,19H,3-14H2,1-2H3. The second-order valence-corrected chi connectivity index (χ2v) is 7.47. The van der Waals surface area contributed by atoms with E-state index in [4.69, 9.17) is 0 Å². The average Bonchev–Trinajstić information content (AvgIpc) is 2.87. The molecule has 0 unspecified atom stereocenters. The lowest BCUT2D eigenvalue weighted by Gasteiger charge is -2.40. The predicted molar refractivity (Wildman–Crippen MR) is 80.4 cm³/mol. The van der Waals surface area contributed by atoms with Crippen LogP contribution in [0.15, 0.2) is 0 Å². The smallest absolute Gasteiger partial charge is 0.0772 e. The van der Waals surface area contributed by atoms with Gasteiger partial charge in [0, 0.05) is 6.54 Å². The normalized spacial score (nSPS) is 26.7. The van der Waals surface area contributed by atoms with Crippen molar-refractivity contribution in [2.45, 2.75) is 64.4 Å². The first-order valence-electron chi connectivity index (χ1n) is 8.15. The molecule has 0 radical (unpaired) electrons. The van der Waals surface area contributed by atoms with Crippen molar-refractivity contribution in [2.75, 3.05) is 32.7 Å². The molecule has 3 nitrogen and oxygen atoms in total. The first-order chi connectivity index (χ1) is 8.99. The molecule has 2 rings (SSSR count). The van der Waals surface area contributed by atoms with Gasteiger partial charge in [-0.15, -0.1) is 0 Å². The Kier molecular flexibility index (Phi) is 5.27. The fraction of sp³-hybridized carbons (Fsp3) is 1.00. The SMILES string of the molecule is CC1(C)CCC(O)(CNCCCN2CCCC2)CC1. The van der Waals surface area contributed by atoms with E-state index in [1.165, 1.54) is 38.9 Å². The van der Waals surface area contributed by atoms with Crippen LogP contribution in [0.2, 0.25) is 0 Å². The molecule has 1 aliphatic heterocycles. The van der Waals surface area contributed by atoms with Crippen LogP contribution in [0, 0.1) is 5.41 Å². The summed E-state index contributed by atoms with van der Waals surface area (Å²) in [6, 6.07) is 0. The van der Waals surface area contributed by atoms with Gasteiger partial charge in [0.15, 0.2) is 0 Å². The third-order valence-corrected chi connectivity index (χ3v) is 5.01. The third kappa shape index (κ3) is 5.05. The van der Waals surface area contributed by atoms with Gasteiger partial charge in [0.25, 0.3) is 0 Å². The van der Waals surface area contributed by atoms with Gasteiger partial charge in [0.1, 0.15) is 0 Å². The Labute approximate surface area is 118 Å². The highest BCUT2D eigenvalue weighted by molar-refractivity contribution is 4.90. The summed E-state index contributed by atoms with van der Waals surface area (Å²) < 4.78 is 0. The third-order valence-electron chi connectivity index (χ3n) is 5.01. The van der Waals surface area contributed by atoms with Gasteiger partial charge in [0.05, 0.1) is 5.60 Å². The van der Waals surface area contributed by atoms with Gasteiger partial charge in [0.2, 0.25) is 0 Å². The van der Waals surface area contributed by atoms with Crippen LogP contribution in [0.3, 0.4) is 0 Å². The van der Waals surface area contributed by atoms with Crippen LogP contribution >= 0.6 is 0 Å². The molecule has 3 heteroatoms. The summed E-state index contributed by atoms with van der Waals surface area (Å²) in [6.07, 6.45) is 8.18. The van der Waals surface area contributed by atoms with Crippen LogP contribution in [0.1, 0.15) is 58.8 Å². The molecule has 0 aromatic heterocycles. The van der Waals surface area contributed by atoms with Crippen LogP contribution in [0.25, 0.3) is 0 Å². The fourth-order valence-corrected chi connectivity index (χ4v) is 3.32. The summed E-state index contributed by atoms with van der Waals surface area (Å²) in [4.78, 5) is 2.56. The number of likely N-dealkylation sites (tertiary alicyclic amines) is 1. The summed E-state index contributed by atoms with van der Waals surface area (Å²) in [5, 5.41) is 14.0. The quantitative estimate of drug-likeness (QED) is 0.726. The van der Waals surface area contributed by atoms with Crippen LogP contribution in [0.4, 0.5) is 0 Å². The van der Waals surface area contributed by atoms with Crippen molar-refractivity contribution in [3.05, 3.63) is 0 Å². The predicted octanol–water partition coefficient (Wildman–Crippen LogP) is 2.39. The highest BCUT2D eigenvalue weighted by atomic mass is 16.3. The van der Waals surface area contributed by atoms with E-state index in [9.17, 15) is 5.11 Å². The Balaban J connectivity index is 1.55. The van der Waals surface area contributed by atoms with E-state index in [-0.39, 0.29) is 0 Å². The summed E-state index contributed by atoms with van der Waals surface area (Å²) in [5.41, 5.74) is -0.00878. The number of nitrogens with one attached hydrogen (secondary N) is 1. The number of hydrogen-bond acceptors (Lipinski definition) is 3. The van der Waals surface area contributed by atoms with Crippen molar-refractivity contribution in [1.82, 2.24) is 10.2 Å². The fourth-order valence-electron chi connectivity index (χ4n) is 3.32. The van der Waals surface area contributed by atoms with E-state index >= 15 is 0 Å². The summed E-state index contributed by atoms with van der Waals surface area (Å²) in [6.45, 7) is 10.3. The molecule has 0 spiro atoms. The number of nitrogens with zero attached hydrogens (tertiary/aromatic N) is 1. The zero-order valence-electron chi connectivity index (χ0n) is 12.9. The van der Waals surface area contributed by atoms with E-state index in [0.29, 0.717) is 5.41 Å². The number of rotatable bonds is 6. The van der Waals surface area contributed by atoms with E-state index < -0.39 is 5.60 Å². The van der Waals surface area contributed by atoms with Crippen molar-refractivity contribution in [3.8, 4) is 0 Å². The molecule has 2 N–H and O–H groups in total. The molecule has 1 saturated heterocycles. The number of hydrogen-bond donors (Lipinski definition) is 2. The van der Waals surface area contributed by atoms with E-state index in [2.05, 4.69) is 24.1 Å². The summed E-state index contributed by atoms with van der Waals surface area (Å²) in [7, 11) is 0. The Morgan fingerprint density at radius 3 is 2.32 bits per heavy atom. The van der Waals surface area contributed by atoms with Gasteiger partial charge < -0.3 is 15.3 Å². The topological polar surface area (TPSA) is 35.5 Å². The molecule has 0 aromatic rings. The molecular weight excluding hydrogens is 236 g/mol. The molecule has 112 valence electrons. The van der Waals surface area contributed by atoms with Gasteiger partial charge in [-0.25, -0.2) is 0 Å². The second kappa shape index (κ2) is 6.55. The molecule has 0 amide bonds. The van der Waals surface area contributed by atoms with E-state index in [1.54, 1.807) is 0 Å². The molecule has 1 heterocycles. The summed E-state index contributed by atoms with van der Waals surface area (Å²) >= 11 is 0. The van der Waals surface area contributed by atoms with Gasteiger partial charge >= 0.3 is 0 Å². The highest BCUT2D eigenvalue weighted by Crippen LogP contribution is 2.39. The maximum atomic E-state index is 10.5. The van der Waals surface area contributed by atoms with Crippen LogP contribution < -0.4 is 5.32 Å². The van der Waals surface area contributed by atoms with Crippen LogP contribution in [-0.4, -0.2) is 48.3 Å². The van der Waals surface area contributed by atoms with E-state index in [0.717, 1.165) is 38.8 Å². The molecule has 1 saturated carbocycles. The van der Waals surface area contributed by atoms with Gasteiger partial charge in [-0.3, -0.25) is 0 Å². The largest absolute Gasteiger partial charge is 0.389 e. The first kappa shape index (κ1) is 15.3. The maximum absolute atomic E-state index is 10.5. The van der Waals surface area contributed by atoms with Crippen LogP contribution in [-0.2, 0) is 0 Å². The Morgan fingerprint density at radius 2 is 1.68 bits per heavy atom. The average molecular weight is 268 g/mol. The molecule has 2 fully saturated rings. The number of aliphatic hydroxyl groups is 1. The molecule has 0 bridgehead atoms. The van der Waals surface area contributed by atoms with Gasteiger partial charge in [-0.1, -0.05) is 13.8 Å². The first-order valence-corrected chi connectivity index (χ1v) is 8.15. The highest BCUT2D eigenvalue weighted by Gasteiger charge is 2.36. The van der Waals surface area contributed by atoms with Crippen LogP contribution in [0.5, 0.6) is 0 Å².